The van der Waals surface area contributed by atoms with Gasteiger partial charge in [0.1, 0.15) is 11.6 Å². The Kier molecular flexibility index (Phi) is 6.20. The van der Waals surface area contributed by atoms with Gasteiger partial charge in [-0.15, -0.1) is 10.2 Å². The molecule has 0 saturated heterocycles. The highest BCUT2D eigenvalue weighted by Crippen LogP contribution is 2.24. The Bertz CT molecular complexity index is 1610. The lowest BCUT2D eigenvalue weighted by Gasteiger charge is -2.15. The minimum atomic E-state index is -0.285. The van der Waals surface area contributed by atoms with Gasteiger partial charge in [0.2, 0.25) is 0 Å². The van der Waals surface area contributed by atoms with Crippen LogP contribution in [0.1, 0.15) is 34.5 Å². The molecule has 6 aromatic rings. The first-order valence-corrected chi connectivity index (χ1v) is 12.6. The number of aromatic nitrogens is 5. The number of hydrogen-bond acceptors (Lipinski definition) is 4. The molecule has 0 aliphatic heterocycles. The summed E-state index contributed by atoms with van der Waals surface area (Å²) >= 11 is 0. The van der Waals surface area contributed by atoms with Gasteiger partial charge in [0.05, 0.1) is 19.7 Å². The zero-order valence-corrected chi connectivity index (χ0v) is 20.8. The Hall–Kier alpha value is -4.36. The number of hydrogen-bond donors (Lipinski definition) is 3. The van der Waals surface area contributed by atoms with Crippen LogP contribution in [0.25, 0.3) is 21.8 Å². The van der Waals surface area contributed by atoms with Crippen molar-refractivity contribution >= 4 is 21.8 Å². The monoisotopic (exact) mass is 490 g/mol. The number of ether oxygens (including phenoxy) is 1. The summed E-state index contributed by atoms with van der Waals surface area (Å²) in [7, 11) is 1.68. The lowest BCUT2D eigenvalue weighted by Crippen LogP contribution is -2.20. The normalized spacial score (nSPS) is 12.4. The maximum atomic E-state index is 6.79. The van der Waals surface area contributed by atoms with Gasteiger partial charge in [0.25, 0.3) is 0 Å². The van der Waals surface area contributed by atoms with Crippen molar-refractivity contribution in [3.63, 3.8) is 0 Å². The molecule has 37 heavy (non-hydrogen) atoms. The Morgan fingerprint density at radius 2 is 1.70 bits per heavy atom. The van der Waals surface area contributed by atoms with Gasteiger partial charge < -0.3 is 25.0 Å². The highest BCUT2D eigenvalue weighted by molar-refractivity contribution is 5.83. The van der Waals surface area contributed by atoms with E-state index in [1.165, 1.54) is 22.0 Å². The van der Waals surface area contributed by atoms with Crippen LogP contribution in [-0.2, 0) is 25.8 Å². The summed E-state index contributed by atoms with van der Waals surface area (Å²) in [6.07, 6.45) is 4.32. The third-order valence-corrected chi connectivity index (χ3v) is 7.01. The molecule has 0 bridgehead atoms. The van der Waals surface area contributed by atoms with Crippen LogP contribution < -0.4 is 10.5 Å². The van der Waals surface area contributed by atoms with Crippen molar-refractivity contribution in [1.82, 2.24) is 24.7 Å². The third kappa shape index (κ3) is 4.73. The zero-order valence-electron chi connectivity index (χ0n) is 20.8. The van der Waals surface area contributed by atoms with Crippen LogP contribution in [-0.4, -0.2) is 31.8 Å². The molecule has 1 unspecified atom stereocenters. The fraction of sp³-hybridized carbons (Fsp3) is 0.200. The molecule has 0 aliphatic carbocycles. The van der Waals surface area contributed by atoms with Crippen LogP contribution in [0.5, 0.6) is 5.75 Å². The lowest BCUT2D eigenvalue weighted by atomic mass is 10.0. The summed E-state index contributed by atoms with van der Waals surface area (Å²) in [6, 6.07) is 26.7. The van der Waals surface area contributed by atoms with Gasteiger partial charge in [0.15, 0.2) is 5.82 Å². The summed E-state index contributed by atoms with van der Waals surface area (Å²) in [5.41, 5.74) is 12.6. The van der Waals surface area contributed by atoms with E-state index in [1.807, 2.05) is 24.4 Å². The van der Waals surface area contributed by atoms with E-state index in [9.17, 15) is 0 Å². The molecule has 3 aromatic heterocycles. The zero-order chi connectivity index (χ0) is 25.2. The molecule has 0 amide bonds. The summed E-state index contributed by atoms with van der Waals surface area (Å²) in [6.45, 7) is 0.649. The maximum absolute atomic E-state index is 6.79. The largest absolute Gasteiger partial charge is 0.497 e. The summed E-state index contributed by atoms with van der Waals surface area (Å²) < 4.78 is 7.52. The highest BCUT2D eigenvalue weighted by atomic mass is 16.5. The third-order valence-electron chi connectivity index (χ3n) is 7.01. The number of nitrogens with one attached hydrogen (secondary N) is 2. The van der Waals surface area contributed by atoms with Crippen LogP contribution in [0.3, 0.4) is 0 Å². The number of nitrogens with zero attached hydrogens (tertiary/aromatic N) is 3. The van der Waals surface area contributed by atoms with E-state index in [-0.39, 0.29) is 6.04 Å². The molecule has 7 heteroatoms. The smallest absolute Gasteiger partial charge is 0.150 e. The average molecular weight is 491 g/mol. The fourth-order valence-corrected chi connectivity index (χ4v) is 5.04. The number of aryl methyl sites for hydroxylation is 2. The van der Waals surface area contributed by atoms with Crippen molar-refractivity contribution in [3.8, 4) is 5.75 Å². The van der Waals surface area contributed by atoms with Crippen LogP contribution in [0.4, 0.5) is 0 Å². The molecule has 0 fully saturated rings. The molecule has 3 aromatic carbocycles. The van der Waals surface area contributed by atoms with Crippen molar-refractivity contribution in [2.24, 2.45) is 5.73 Å². The molecule has 6 rings (SSSR count). The fourth-order valence-electron chi connectivity index (χ4n) is 5.04. The number of nitrogens with two attached hydrogens (primary N) is 1. The van der Waals surface area contributed by atoms with E-state index in [4.69, 9.17) is 10.5 Å². The predicted octanol–water partition coefficient (Wildman–Crippen LogP) is 5.33. The van der Waals surface area contributed by atoms with Gasteiger partial charge in [-0.3, -0.25) is 0 Å². The summed E-state index contributed by atoms with van der Waals surface area (Å²) in [5, 5.41) is 11.6. The Labute approximate surface area is 215 Å². The molecule has 7 nitrogen and oxygen atoms in total. The molecular weight excluding hydrogens is 460 g/mol. The van der Waals surface area contributed by atoms with E-state index in [1.54, 1.807) is 7.11 Å². The van der Waals surface area contributed by atoms with Gasteiger partial charge in [0, 0.05) is 34.7 Å². The van der Waals surface area contributed by atoms with Crippen molar-refractivity contribution in [2.45, 2.75) is 31.8 Å². The Morgan fingerprint density at radius 1 is 0.919 bits per heavy atom. The SMILES string of the molecule is COc1ccc(Cn2c(CCc3cc4ccccc4[nH]3)nnc2C(N)Cc2c[nH]c3ccccc23)cc1. The minimum Gasteiger partial charge on any atom is -0.497 e. The van der Waals surface area contributed by atoms with E-state index in [2.05, 4.69) is 85.4 Å². The quantitative estimate of drug-likeness (QED) is 0.255. The number of fused-ring (bicyclic) bond motifs is 2. The summed E-state index contributed by atoms with van der Waals surface area (Å²) in [5.74, 6) is 2.56. The second-order valence-corrected chi connectivity index (χ2v) is 9.46. The van der Waals surface area contributed by atoms with Crippen molar-refractivity contribution in [2.75, 3.05) is 7.11 Å². The summed E-state index contributed by atoms with van der Waals surface area (Å²) in [4.78, 5) is 6.88. The number of benzene rings is 3. The highest BCUT2D eigenvalue weighted by Gasteiger charge is 2.20. The Balaban J connectivity index is 1.29. The number of aromatic amines is 2. The maximum Gasteiger partial charge on any atom is 0.150 e. The molecule has 3 heterocycles. The van der Waals surface area contributed by atoms with Gasteiger partial charge in [-0.1, -0.05) is 48.5 Å². The van der Waals surface area contributed by atoms with E-state index in [0.717, 1.165) is 46.8 Å². The van der Waals surface area contributed by atoms with Gasteiger partial charge in [-0.2, -0.15) is 0 Å². The number of H-pyrrole nitrogens is 2. The first-order valence-electron chi connectivity index (χ1n) is 12.6. The average Bonchev–Trinajstić information content (AvgIpc) is 3.65. The molecule has 0 spiro atoms. The number of methoxy groups -OCH3 is 1. The van der Waals surface area contributed by atoms with Crippen LogP contribution >= 0.6 is 0 Å². The van der Waals surface area contributed by atoms with Crippen molar-refractivity contribution < 1.29 is 4.74 Å². The molecular formula is C30H30N6O. The number of rotatable bonds is 9. The van der Waals surface area contributed by atoms with Gasteiger partial charge >= 0.3 is 0 Å². The number of para-hydroxylation sites is 2. The van der Waals surface area contributed by atoms with Crippen LogP contribution in [0.2, 0.25) is 0 Å². The first-order chi connectivity index (χ1) is 18.2. The van der Waals surface area contributed by atoms with Gasteiger partial charge in [-0.25, -0.2) is 0 Å². The van der Waals surface area contributed by atoms with E-state index >= 15 is 0 Å². The van der Waals surface area contributed by atoms with Crippen LogP contribution in [0, 0.1) is 0 Å². The Morgan fingerprint density at radius 3 is 2.51 bits per heavy atom. The van der Waals surface area contributed by atoms with Crippen molar-refractivity contribution in [1.29, 1.82) is 0 Å². The van der Waals surface area contributed by atoms with E-state index in [0.29, 0.717) is 13.0 Å². The molecule has 1 atom stereocenters. The van der Waals surface area contributed by atoms with Crippen LogP contribution in [0.15, 0.2) is 85.1 Å². The molecule has 4 N–H and O–H groups in total. The van der Waals surface area contributed by atoms with Gasteiger partial charge in [-0.05, 0) is 59.7 Å². The minimum absolute atomic E-state index is 0.285. The second-order valence-electron chi connectivity index (χ2n) is 9.46. The second kappa shape index (κ2) is 9.95. The molecule has 0 saturated carbocycles. The van der Waals surface area contributed by atoms with Crippen molar-refractivity contribution in [3.05, 3.63) is 114 Å². The van der Waals surface area contributed by atoms with E-state index < -0.39 is 0 Å². The molecule has 0 radical (unpaired) electrons. The molecule has 186 valence electrons. The first kappa shape index (κ1) is 23.1. The standard InChI is InChI=1S/C30H30N6O/c1-37-24-13-10-20(11-14-24)19-36-29(15-12-23-16-21-6-2-4-8-27(21)33-23)34-35-30(36)26(31)17-22-18-32-28-9-5-3-7-25(22)28/h2-11,13-14,16,18,26,32-33H,12,15,17,19,31H2,1H3. The predicted molar refractivity (Wildman–Crippen MR) is 147 cm³/mol. The topological polar surface area (TPSA) is 97.5 Å². The lowest BCUT2D eigenvalue weighted by molar-refractivity contribution is 0.414. The molecule has 0 aliphatic rings.